The number of esters is 1. The summed E-state index contributed by atoms with van der Waals surface area (Å²) in [6.45, 7) is 0.988. The van der Waals surface area contributed by atoms with Gasteiger partial charge in [-0.15, -0.1) is 0 Å². The lowest BCUT2D eigenvalue weighted by Gasteiger charge is -2.14. The van der Waals surface area contributed by atoms with E-state index < -0.39 is 26.0 Å². The molecule has 0 saturated heterocycles. The van der Waals surface area contributed by atoms with Crippen molar-refractivity contribution in [2.24, 2.45) is 0 Å². The van der Waals surface area contributed by atoms with Crippen LogP contribution >= 0.6 is 0 Å². The number of ether oxygens (including phenoxy) is 1. The number of benzene rings is 1. The Kier molecular flexibility index (Phi) is 3.82. The van der Waals surface area contributed by atoms with Gasteiger partial charge in [0.15, 0.2) is 0 Å². The van der Waals surface area contributed by atoms with Gasteiger partial charge in [0.1, 0.15) is 0 Å². The number of carbonyl (C=O) groups excluding carboxylic acids is 1. The van der Waals surface area contributed by atoms with E-state index in [1.54, 1.807) is 0 Å². The third-order valence-electron chi connectivity index (χ3n) is 1.90. The molecule has 0 unspecified atom stereocenters. The zero-order valence-electron chi connectivity index (χ0n) is 8.89. The molecule has 94 valence electrons. The Bertz CT molecular complexity index is 496. The summed E-state index contributed by atoms with van der Waals surface area (Å²) in [5.74, 6) is -2.07. The van der Waals surface area contributed by atoms with E-state index in [1.165, 1.54) is 25.1 Å². The van der Waals surface area contributed by atoms with E-state index in [4.69, 9.17) is 0 Å². The number of sulfone groups is 1. The van der Waals surface area contributed by atoms with Gasteiger partial charge in [-0.2, -0.15) is 8.78 Å². The van der Waals surface area contributed by atoms with Crippen molar-refractivity contribution >= 4 is 15.8 Å². The average molecular weight is 264 g/mol. The Labute approximate surface area is 97.1 Å². The molecule has 0 aromatic heterocycles. The Morgan fingerprint density at radius 3 is 2.29 bits per heavy atom. The molecule has 0 heterocycles. The highest BCUT2D eigenvalue weighted by atomic mass is 32.2. The first-order chi connectivity index (χ1) is 7.84. The molecular formula is C10H10F2O4S. The van der Waals surface area contributed by atoms with E-state index in [1.807, 2.05) is 0 Å². The van der Waals surface area contributed by atoms with E-state index in [9.17, 15) is 22.0 Å². The maximum Gasteiger partial charge on any atom is 0.444 e. The molecule has 1 aromatic rings. The van der Waals surface area contributed by atoms with Crippen molar-refractivity contribution in [2.75, 3.05) is 6.61 Å². The molecular weight excluding hydrogens is 254 g/mol. The summed E-state index contributed by atoms with van der Waals surface area (Å²) >= 11 is 0. The third kappa shape index (κ3) is 2.44. The second-order valence-corrected chi connectivity index (χ2v) is 5.04. The third-order valence-corrected chi connectivity index (χ3v) is 3.64. The van der Waals surface area contributed by atoms with Gasteiger partial charge >= 0.3 is 11.2 Å². The standard InChI is InChI=1S/C10H10F2O4S/c1-2-16-9(13)10(11,12)17(14,15)8-6-4-3-5-7-8/h3-7H,2H2,1H3. The van der Waals surface area contributed by atoms with Gasteiger partial charge in [-0.05, 0) is 19.1 Å². The molecule has 4 nitrogen and oxygen atoms in total. The Balaban J connectivity index is 3.19. The molecule has 0 aliphatic heterocycles. The summed E-state index contributed by atoms with van der Waals surface area (Å²) in [5, 5.41) is -4.58. The summed E-state index contributed by atoms with van der Waals surface area (Å²) < 4.78 is 53.9. The number of carbonyl (C=O) groups is 1. The van der Waals surface area contributed by atoms with Gasteiger partial charge in [0.2, 0.25) is 0 Å². The summed E-state index contributed by atoms with van der Waals surface area (Å²) in [4.78, 5) is 10.3. The van der Waals surface area contributed by atoms with Gasteiger partial charge < -0.3 is 4.74 Å². The molecule has 0 N–H and O–H groups in total. The minimum atomic E-state index is -5.07. The lowest BCUT2D eigenvalue weighted by atomic mass is 10.4. The van der Waals surface area contributed by atoms with Crippen LogP contribution in [-0.2, 0) is 19.4 Å². The van der Waals surface area contributed by atoms with Crippen LogP contribution in [0.15, 0.2) is 35.2 Å². The van der Waals surface area contributed by atoms with Crippen molar-refractivity contribution in [3.63, 3.8) is 0 Å². The molecule has 0 amide bonds. The maximum absolute atomic E-state index is 13.4. The molecule has 7 heteroatoms. The van der Waals surface area contributed by atoms with Gasteiger partial charge in [-0.3, -0.25) is 0 Å². The topological polar surface area (TPSA) is 60.4 Å². The molecule has 1 aromatic carbocycles. The van der Waals surface area contributed by atoms with Crippen LogP contribution in [0.4, 0.5) is 8.78 Å². The molecule has 0 atom stereocenters. The van der Waals surface area contributed by atoms with E-state index in [0.29, 0.717) is 0 Å². The Morgan fingerprint density at radius 1 is 1.29 bits per heavy atom. The van der Waals surface area contributed by atoms with Crippen LogP contribution in [0.3, 0.4) is 0 Å². The van der Waals surface area contributed by atoms with Crippen molar-refractivity contribution < 1.29 is 26.7 Å². The van der Waals surface area contributed by atoms with Gasteiger partial charge in [0, 0.05) is 0 Å². The second kappa shape index (κ2) is 4.79. The molecule has 17 heavy (non-hydrogen) atoms. The monoisotopic (exact) mass is 264 g/mol. The van der Waals surface area contributed by atoms with Crippen LogP contribution in [0, 0.1) is 0 Å². The van der Waals surface area contributed by atoms with Gasteiger partial charge in [-0.1, -0.05) is 18.2 Å². The quantitative estimate of drug-likeness (QED) is 0.775. The zero-order valence-corrected chi connectivity index (χ0v) is 9.71. The highest BCUT2D eigenvalue weighted by Gasteiger charge is 2.54. The first-order valence-electron chi connectivity index (χ1n) is 4.68. The van der Waals surface area contributed by atoms with E-state index in [0.717, 1.165) is 12.1 Å². The molecule has 1 rings (SSSR count). The number of hydrogen-bond acceptors (Lipinski definition) is 4. The Hall–Kier alpha value is -1.50. The van der Waals surface area contributed by atoms with Gasteiger partial charge in [0.05, 0.1) is 11.5 Å². The predicted molar refractivity (Wildman–Crippen MR) is 55.2 cm³/mol. The lowest BCUT2D eigenvalue weighted by Crippen LogP contribution is -2.39. The van der Waals surface area contributed by atoms with Crippen molar-refractivity contribution in [1.29, 1.82) is 0 Å². The minimum Gasteiger partial charge on any atom is -0.461 e. The SMILES string of the molecule is CCOC(=O)C(F)(F)S(=O)(=O)c1ccccc1. The maximum atomic E-state index is 13.4. The second-order valence-electron chi connectivity index (χ2n) is 3.05. The van der Waals surface area contributed by atoms with E-state index in [2.05, 4.69) is 4.74 Å². The summed E-state index contributed by atoms with van der Waals surface area (Å²) in [6.07, 6.45) is 0. The van der Waals surface area contributed by atoms with Crippen molar-refractivity contribution in [2.45, 2.75) is 17.1 Å². The average Bonchev–Trinajstić information content (AvgIpc) is 2.30. The highest BCUT2D eigenvalue weighted by molar-refractivity contribution is 7.93. The smallest absolute Gasteiger partial charge is 0.444 e. The highest BCUT2D eigenvalue weighted by Crippen LogP contribution is 2.30. The first-order valence-corrected chi connectivity index (χ1v) is 6.17. The van der Waals surface area contributed by atoms with Crippen molar-refractivity contribution in [1.82, 2.24) is 0 Å². The molecule has 0 spiro atoms. The number of rotatable bonds is 4. The molecule has 0 saturated carbocycles. The van der Waals surface area contributed by atoms with Crippen molar-refractivity contribution in [3.8, 4) is 0 Å². The predicted octanol–water partition coefficient (Wildman–Crippen LogP) is 1.62. The molecule has 0 radical (unpaired) electrons. The van der Waals surface area contributed by atoms with E-state index >= 15 is 0 Å². The normalized spacial score (nSPS) is 12.2. The van der Waals surface area contributed by atoms with E-state index in [-0.39, 0.29) is 6.61 Å². The van der Waals surface area contributed by atoms with Crippen molar-refractivity contribution in [3.05, 3.63) is 30.3 Å². The Morgan fingerprint density at radius 2 is 1.82 bits per heavy atom. The van der Waals surface area contributed by atoms with Crippen LogP contribution in [0.1, 0.15) is 6.92 Å². The number of halogens is 2. The summed E-state index contributed by atoms with van der Waals surface area (Å²) in [7, 11) is -5.07. The van der Waals surface area contributed by atoms with Crippen LogP contribution < -0.4 is 0 Å². The minimum absolute atomic E-state index is 0.321. The molecule has 0 fully saturated rings. The number of alkyl halides is 2. The lowest BCUT2D eigenvalue weighted by molar-refractivity contribution is -0.160. The molecule has 0 bridgehead atoms. The van der Waals surface area contributed by atoms with Gasteiger partial charge in [-0.25, -0.2) is 13.2 Å². The summed E-state index contributed by atoms with van der Waals surface area (Å²) in [5.41, 5.74) is 0. The molecule has 0 aliphatic carbocycles. The fraction of sp³-hybridized carbons (Fsp3) is 0.300. The van der Waals surface area contributed by atoms with Crippen LogP contribution in [0.25, 0.3) is 0 Å². The van der Waals surface area contributed by atoms with Gasteiger partial charge in [0.25, 0.3) is 9.84 Å². The fourth-order valence-electron chi connectivity index (χ4n) is 1.07. The first kappa shape index (κ1) is 13.6. The fourth-order valence-corrected chi connectivity index (χ4v) is 2.16. The molecule has 0 aliphatic rings. The summed E-state index contributed by atoms with van der Waals surface area (Å²) in [6, 6.07) is 6.02. The number of hydrogen-bond donors (Lipinski definition) is 0. The largest absolute Gasteiger partial charge is 0.461 e. The zero-order chi connectivity index (χ0) is 13.1. The van der Waals surface area contributed by atoms with Crippen LogP contribution in [-0.4, -0.2) is 26.2 Å². The van der Waals surface area contributed by atoms with Crippen LogP contribution in [0.2, 0.25) is 0 Å². The van der Waals surface area contributed by atoms with Crippen LogP contribution in [0.5, 0.6) is 0 Å².